The quantitative estimate of drug-likeness (QED) is 0.401. The van der Waals surface area contributed by atoms with Gasteiger partial charge in [0.1, 0.15) is 0 Å². The van der Waals surface area contributed by atoms with Crippen LogP contribution in [0.4, 0.5) is 0 Å². The third-order valence-electron chi connectivity index (χ3n) is 4.16. The highest BCUT2D eigenvalue weighted by Gasteiger charge is 2.24. The number of aromatic nitrogens is 4. The molecule has 26 heavy (non-hydrogen) atoms. The molecule has 3 rings (SSSR count). The Labute approximate surface area is 151 Å². The number of carbonyl (C=O) groups is 2. The number of carbonyl (C=O) groups excluding carboxylic acids is 2. The van der Waals surface area contributed by atoms with Crippen molar-refractivity contribution in [2.75, 3.05) is 6.54 Å². The molecular formula is C19H21N5O2. The first-order valence-corrected chi connectivity index (χ1v) is 8.48. The number of aryl methyl sites for hydroxylation is 2. The summed E-state index contributed by atoms with van der Waals surface area (Å²) in [6.07, 6.45) is 6.00. The van der Waals surface area contributed by atoms with Crippen molar-refractivity contribution in [1.82, 2.24) is 24.6 Å². The zero-order valence-electron chi connectivity index (χ0n) is 14.8. The van der Waals surface area contributed by atoms with Crippen LogP contribution in [0.1, 0.15) is 28.2 Å². The van der Waals surface area contributed by atoms with Crippen LogP contribution in [0.25, 0.3) is 5.69 Å². The van der Waals surface area contributed by atoms with Gasteiger partial charge in [0.25, 0.3) is 11.7 Å². The lowest BCUT2D eigenvalue weighted by Crippen LogP contribution is -2.32. The minimum Gasteiger partial charge on any atom is -0.349 e. The van der Waals surface area contributed by atoms with Crippen LogP contribution in [-0.4, -0.2) is 37.6 Å². The molecule has 2 aromatic heterocycles. The van der Waals surface area contributed by atoms with E-state index in [-0.39, 0.29) is 0 Å². The molecule has 0 radical (unpaired) electrons. The Morgan fingerprint density at radius 3 is 2.62 bits per heavy atom. The topological polar surface area (TPSA) is 81.8 Å². The molecule has 0 spiro atoms. The van der Waals surface area contributed by atoms with Crippen LogP contribution in [0.3, 0.4) is 0 Å². The maximum atomic E-state index is 12.6. The molecule has 0 unspecified atom stereocenters. The van der Waals surface area contributed by atoms with Gasteiger partial charge in [0.15, 0.2) is 0 Å². The van der Waals surface area contributed by atoms with E-state index in [0.29, 0.717) is 23.5 Å². The van der Waals surface area contributed by atoms with Crippen molar-refractivity contribution in [2.45, 2.75) is 26.8 Å². The second-order valence-corrected chi connectivity index (χ2v) is 6.03. The Morgan fingerprint density at radius 2 is 1.92 bits per heavy atom. The van der Waals surface area contributed by atoms with Gasteiger partial charge in [0.2, 0.25) is 0 Å². The standard InChI is InChI=1S/C19H21N5O2/c1-14-17(15(2)24(22-14)16-7-4-3-5-8-16)18(25)19(26)21-9-6-11-23-12-10-20-13-23/h3-5,7-8,10,12-13H,6,9,11H2,1-2H3,(H,21,26). The highest BCUT2D eigenvalue weighted by molar-refractivity contribution is 6.43. The van der Waals surface area contributed by atoms with Crippen LogP contribution in [-0.2, 0) is 11.3 Å². The summed E-state index contributed by atoms with van der Waals surface area (Å²) in [5.41, 5.74) is 2.42. The SMILES string of the molecule is Cc1nn(-c2ccccc2)c(C)c1C(=O)C(=O)NCCCn1ccnc1. The molecule has 0 saturated carbocycles. The van der Waals surface area contributed by atoms with Gasteiger partial charge in [0, 0.05) is 25.5 Å². The molecule has 3 aromatic rings. The summed E-state index contributed by atoms with van der Waals surface area (Å²) in [4.78, 5) is 28.8. The van der Waals surface area contributed by atoms with E-state index in [0.717, 1.165) is 18.7 Å². The van der Waals surface area contributed by atoms with E-state index >= 15 is 0 Å². The summed E-state index contributed by atoms with van der Waals surface area (Å²) in [6.45, 7) is 4.70. The molecule has 7 nitrogen and oxygen atoms in total. The van der Waals surface area contributed by atoms with Crippen LogP contribution in [0, 0.1) is 13.8 Å². The predicted octanol–water partition coefficient (Wildman–Crippen LogP) is 2.07. The van der Waals surface area contributed by atoms with Crippen molar-refractivity contribution in [2.24, 2.45) is 0 Å². The first-order chi connectivity index (χ1) is 12.6. The molecule has 1 aromatic carbocycles. The molecule has 0 aliphatic heterocycles. The summed E-state index contributed by atoms with van der Waals surface area (Å²) in [5, 5.41) is 7.11. The molecule has 0 saturated heterocycles. The minimum atomic E-state index is -0.602. The lowest BCUT2D eigenvalue weighted by atomic mass is 10.1. The number of amides is 1. The molecule has 0 bridgehead atoms. The van der Waals surface area contributed by atoms with Crippen molar-refractivity contribution in [3.8, 4) is 5.69 Å². The van der Waals surface area contributed by atoms with E-state index in [1.807, 2.05) is 41.1 Å². The average Bonchev–Trinajstić information content (AvgIpc) is 3.26. The first-order valence-electron chi connectivity index (χ1n) is 8.48. The Hall–Kier alpha value is -3.22. The van der Waals surface area contributed by atoms with Gasteiger partial charge in [-0.25, -0.2) is 9.67 Å². The molecule has 134 valence electrons. The number of nitrogens with one attached hydrogen (secondary N) is 1. The Balaban J connectivity index is 1.65. The normalized spacial score (nSPS) is 10.7. The van der Waals surface area contributed by atoms with E-state index in [9.17, 15) is 9.59 Å². The molecule has 7 heteroatoms. The Kier molecular flexibility index (Phi) is 5.26. The number of para-hydroxylation sites is 1. The number of hydrogen-bond acceptors (Lipinski definition) is 4. The molecule has 0 aliphatic rings. The molecular weight excluding hydrogens is 330 g/mol. The van der Waals surface area contributed by atoms with Gasteiger partial charge in [-0.3, -0.25) is 9.59 Å². The molecule has 1 N–H and O–H groups in total. The van der Waals surface area contributed by atoms with Gasteiger partial charge >= 0.3 is 0 Å². The monoisotopic (exact) mass is 351 g/mol. The molecule has 1 amide bonds. The van der Waals surface area contributed by atoms with Gasteiger partial charge < -0.3 is 9.88 Å². The lowest BCUT2D eigenvalue weighted by Gasteiger charge is -2.06. The summed E-state index contributed by atoms with van der Waals surface area (Å²) in [6, 6.07) is 9.53. The zero-order valence-corrected chi connectivity index (χ0v) is 14.8. The fraction of sp³-hybridized carbons (Fsp3) is 0.263. The Morgan fingerprint density at radius 1 is 1.15 bits per heavy atom. The van der Waals surface area contributed by atoms with Gasteiger partial charge in [-0.2, -0.15) is 5.10 Å². The molecule has 0 fully saturated rings. The van der Waals surface area contributed by atoms with Gasteiger partial charge in [-0.05, 0) is 32.4 Å². The van der Waals surface area contributed by atoms with Crippen LogP contribution in [0.5, 0.6) is 0 Å². The number of ketones is 1. The number of benzene rings is 1. The molecule has 2 heterocycles. The van der Waals surface area contributed by atoms with E-state index in [1.54, 1.807) is 31.1 Å². The van der Waals surface area contributed by atoms with E-state index < -0.39 is 11.7 Å². The number of hydrogen-bond donors (Lipinski definition) is 1. The van der Waals surface area contributed by atoms with Crippen molar-refractivity contribution >= 4 is 11.7 Å². The van der Waals surface area contributed by atoms with Crippen LogP contribution in [0.15, 0.2) is 49.1 Å². The summed E-state index contributed by atoms with van der Waals surface area (Å²) in [5.74, 6) is -1.15. The third kappa shape index (κ3) is 3.72. The Bertz CT molecular complexity index is 898. The molecule has 0 atom stereocenters. The van der Waals surface area contributed by atoms with Crippen molar-refractivity contribution in [3.63, 3.8) is 0 Å². The number of nitrogens with zero attached hydrogens (tertiary/aromatic N) is 4. The second kappa shape index (κ2) is 7.77. The second-order valence-electron chi connectivity index (χ2n) is 6.03. The van der Waals surface area contributed by atoms with Crippen molar-refractivity contribution in [3.05, 3.63) is 66.0 Å². The summed E-state index contributed by atoms with van der Waals surface area (Å²) < 4.78 is 3.61. The van der Waals surface area contributed by atoms with Crippen molar-refractivity contribution in [1.29, 1.82) is 0 Å². The van der Waals surface area contributed by atoms with E-state index in [2.05, 4.69) is 15.4 Å². The summed E-state index contributed by atoms with van der Waals surface area (Å²) in [7, 11) is 0. The summed E-state index contributed by atoms with van der Waals surface area (Å²) >= 11 is 0. The number of rotatable bonds is 7. The minimum absolute atomic E-state index is 0.362. The number of Topliss-reactive ketones (excluding diaryl/α,β-unsaturated/α-hetero) is 1. The maximum Gasteiger partial charge on any atom is 0.292 e. The van der Waals surface area contributed by atoms with Crippen molar-refractivity contribution < 1.29 is 9.59 Å². The lowest BCUT2D eigenvalue weighted by molar-refractivity contribution is -0.117. The largest absolute Gasteiger partial charge is 0.349 e. The van der Waals surface area contributed by atoms with Gasteiger partial charge in [0.05, 0.1) is 29.0 Å². The fourth-order valence-electron chi connectivity index (χ4n) is 2.87. The highest BCUT2D eigenvalue weighted by Crippen LogP contribution is 2.18. The van der Waals surface area contributed by atoms with E-state index in [1.165, 1.54) is 0 Å². The van der Waals surface area contributed by atoms with E-state index in [4.69, 9.17) is 0 Å². The molecule has 0 aliphatic carbocycles. The smallest absolute Gasteiger partial charge is 0.292 e. The highest BCUT2D eigenvalue weighted by atomic mass is 16.2. The van der Waals surface area contributed by atoms with Gasteiger partial charge in [-0.15, -0.1) is 0 Å². The predicted molar refractivity (Wildman–Crippen MR) is 97.2 cm³/mol. The fourth-order valence-corrected chi connectivity index (χ4v) is 2.87. The zero-order chi connectivity index (χ0) is 18.5. The first kappa shape index (κ1) is 17.6. The average molecular weight is 351 g/mol. The van der Waals surface area contributed by atoms with Crippen LogP contribution in [0.2, 0.25) is 0 Å². The van der Waals surface area contributed by atoms with Gasteiger partial charge in [-0.1, -0.05) is 18.2 Å². The van der Waals surface area contributed by atoms with Crippen LogP contribution < -0.4 is 5.32 Å². The van der Waals surface area contributed by atoms with Crippen LogP contribution >= 0.6 is 0 Å². The maximum absolute atomic E-state index is 12.6. The number of imidazole rings is 1. The third-order valence-corrected chi connectivity index (χ3v) is 4.16.